The van der Waals surface area contributed by atoms with Crippen molar-refractivity contribution in [3.63, 3.8) is 0 Å². The lowest BCUT2D eigenvalue weighted by Crippen LogP contribution is -2.38. The summed E-state index contributed by atoms with van der Waals surface area (Å²) in [4.78, 5) is 22.7. The second-order valence-corrected chi connectivity index (χ2v) is 8.26. The number of methoxy groups -OCH3 is 1. The molecule has 9 nitrogen and oxygen atoms in total. The third-order valence-electron chi connectivity index (χ3n) is 4.46. The zero-order valence-electron chi connectivity index (χ0n) is 16.6. The highest BCUT2D eigenvalue weighted by Crippen LogP contribution is 2.28. The fourth-order valence-electron chi connectivity index (χ4n) is 2.75. The highest BCUT2D eigenvalue weighted by atomic mass is 32.2. The van der Waals surface area contributed by atoms with Crippen LogP contribution in [0.2, 0.25) is 0 Å². The molecule has 0 saturated carbocycles. The number of non-ortho nitro benzene ring substituents is 1. The maximum Gasteiger partial charge on any atom is 0.271 e. The zero-order valence-corrected chi connectivity index (χ0v) is 17.4. The van der Waals surface area contributed by atoms with Crippen molar-refractivity contribution in [3.8, 4) is 5.75 Å². The summed E-state index contributed by atoms with van der Waals surface area (Å²) in [6.45, 7) is 4.37. The highest BCUT2D eigenvalue weighted by Gasteiger charge is 2.29. The zero-order chi connectivity index (χ0) is 21.8. The molecule has 29 heavy (non-hydrogen) atoms. The second-order valence-electron chi connectivity index (χ2n) is 6.35. The molecule has 0 unspecified atom stereocenters. The van der Waals surface area contributed by atoms with Gasteiger partial charge in [0.15, 0.2) is 0 Å². The van der Waals surface area contributed by atoms with Gasteiger partial charge in [0.1, 0.15) is 5.75 Å². The van der Waals surface area contributed by atoms with Gasteiger partial charge >= 0.3 is 0 Å². The summed E-state index contributed by atoms with van der Waals surface area (Å²) in [6.07, 6.45) is 0. The minimum atomic E-state index is -4.12. The number of aryl methyl sites for hydroxylation is 1. The lowest BCUT2D eigenvalue weighted by molar-refractivity contribution is -0.385. The molecule has 1 amide bonds. The topological polar surface area (TPSA) is 119 Å². The van der Waals surface area contributed by atoms with Crippen molar-refractivity contribution < 1.29 is 22.9 Å². The Bertz CT molecular complexity index is 1040. The van der Waals surface area contributed by atoms with Gasteiger partial charge in [-0.2, -0.15) is 4.31 Å². The number of anilines is 1. The fourth-order valence-corrected chi connectivity index (χ4v) is 4.47. The summed E-state index contributed by atoms with van der Waals surface area (Å²) in [5.74, 6) is 0.00829. The summed E-state index contributed by atoms with van der Waals surface area (Å²) in [7, 11) is -2.62. The molecule has 0 aliphatic heterocycles. The molecule has 0 heterocycles. The Balaban J connectivity index is 2.30. The summed E-state index contributed by atoms with van der Waals surface area (Å²) < 4.78 is 32.3. The number of nitrogens with zero attached hydrogens (tertiary/aromatic N) is 2. The van der Waals surface area contributed by atoms with Gasteiger partial charge in [-0.05, 0) is 37.1 Å². The molecule has 0 aromatic heterocycles. The first-order valence-corrected chi connectivity index (χ1v) is 10.2. The fraction of sp³-hybridized carbons (Fsp3) is 0.316. The van der Waals surface area contributed by atoms with Crippen molar-refractivity contribution in [2.24, 2.45) is 0 Å². The predicted molar refractivity (Wildman–Crippen MR) is 109 cm³/mol. The molecule has 0 bridgehead atoms. The smallest absolute Gasteiger partial charge is 0.271 e. The summed E-state index contributed by atoms with van der Waals surface area (Å²) in [5, 5.41) is 13.8. The lowest BCUT2D eigenvalue weighted by Gasteiger charge is -2.21. The Kier molecular flexibility index (Phi) is 6.93. The Morgan fingerprint density at radius 1 is 1.24 bits per heavy atom. The van der Waals surface area contributed by atoms with Gasteiger partial charge < -0.3 is 10.1 Å². The van der Waals surface area contributed by atoms with E-state index in [0.29, 0.717) is 22.6 Å². The van der Waals surface area contributed by atoms with Gasteiger partial charge in [-0.1, -0.05) is 13.0 Å². The van der Waals surface area contributed by atoms with Crippen LogP contribution in [-0.4, -0.2) is 43.8 Å². The minimum Gasteiger partial charge on any atom is -0.497 e. The van der Waals surface area contributed by atoms with E-state index in [2.05, 4.69) is 5.32 Å². The first kappa shape index (κ1) is 22.3. The third-order valence-corrected chi connectivity index (χ3v) is 6.51. The molecular formula is C19H23N3O6S. The third kappa shape index (κ3) is 5.09. The van der Waals surface area contributed by atoms with Crippen LogP contribution >= 0.6 is 0 Å². The highest BCUT2D eigenvalue weighted by molar-refractivity contribution is 7.89. The summed E-state index contributed by atoms with van der Waals surface area (Å²) in [5.41, 5.74) is 1.03. The number of nitro benzene ring substituents is 1. The van der Waals surface area contributed by atoms with Crippen molar-refractivity contribution in [3.05, 3.63) is 57.6 Å². The van der Waals surface area contributed by atoms with E-state index in [-0.39, 0.29) is 17.1 Å². The van der Waals surface area contributed by atoms with E-state index in [1.807, 2.05) is 0 Å². The number of likely N-dealkylation sites (N-methyl/N-ethyl adjacent to an activating group) is 1. The minimum absolute atomic E-state index is 0.0229. The van der Waals surface area contributed by atoms with Crippen LogP contribution in [0.5, 0.6) is 5.75 Å². The average Bonchev–Trinajstić information content (AvgIpc) is 2.67. The molecule has 1 N–H and O–H groups in total. The Hall–Kier alpha value is -2.98. The first-order valence-electron chi connectivity index (χ1n) is 8.79. The number of benzene rings is 2. The molecule has 0 aliphatic carbocycles. The van der Waals surface area contributed by atoms with E-state index in [9.17, 15) is 23.3 Å². The summed E-state index contributed by atoms with van der Waals surface area (Å²) >= 11 is 0. The van der Waals surface area contributed by atoms with Crippen LogP contribution in [0.15, 0.2) is 41.3 Å². The lowest BCUT2D eigenvalue weighted by atomic mass is 10.1. The van der Waals surface area contributed by atoms with Crippen LogP contribution in [0.4, 0.5) is 11.4 Å². The Morgan fingerprint density at radius 2 is 1.93 bits per heavy atom. The number of sulfonamides is 1. The van der Waals surface area contributed by atoms with Gasteiger partial charge in [0, 0.05) is 30.4 Å². The number of ether oxygens (including phenoxy) is 1. The predicted octanol–water partition coefficient (Wildman–Crippen LogP) is 2.87. The van der Waals surface area contributed by atoms with Gasteiger partial charge in [-0.25, -0.2) is 8.42 Å². The van der Waals surface area contributed by atoms with Gasteiger partial charge in [-0.15, -0.1) is 0 Å². The number of hydrogen-bond donors (Lipinski definition) is 1. The number of carbonyl (C=O) groups excluding carboxylic acids is 1. The molecule has 10 heteroatoms. The molecule has 0 fully saturated rings. The molecule has 0 saturated heterocycles. The molecule has 2 aromatic carbocycles. The maximum atomic E-state index is 13.1. The van der Waals surface area contributed by atoms with Crippen LogP contribution in [-0.2, 0) is 14.8 Å². The van der Waals surface area contributed by atoms with Crippen LogP contribution < -0.4 is 10.1 Å². The van der Waals surface area contributed by atoms with Crippen LogP contribution in [0.1, 0.15) is 18.1 Å². The molecule has 2 rings (SSSR count). The van der Waals surface area contributed by atoms with Crippen molar-refractivity contribution >= 4 is 27.3 Å². The van der Waals surface area contributed by atoms with Gasteiger partial charge in [0.25, 0.3) is 5.69 Å². The van der Waals surface area contributed by atoms with Gasteiger partial charge in [0.2, 0.25) is 15.9 Å². The molecule has 0 aliphatic rings. The molecule has 156 valence electrons. The van der Waals surface area contributed by atoms with E-state index >= 15 is 0 Å². The maximum absolute atomic E-state index is 13.1. The number of amides is 1. The molecule has 0 radical (unpaired) electrons. The Labute approximate surface area is 169 Å². The quantitative estimate of drug-likeness (QED) is 0.517. The van der Waals surface area contributed by atoms with Crippen LogP contribution in [0.3, 0.4) is 0 Å². The standard InChI is InChI=1S/C19H23N3O6S/c1-5-21(12-19(23)20-15-7-6-8-17(10-15)28-4)29(26,27)18-11-16(22(24)25)9-13(2)14(18)3/h6-11H,5,12H2,1-4H3,(H,20,23). The van der Waals surface area contributed by atoms with E-state index < -0.39 is 27.4 Å². The van der Waals surface area contributed by atoms with Crippen molar-refractivity contribution in [1.29, 1.82) is 0 Å². The SMILES string of the molecule is CCN(CC(=O)Nc1cccc(OC)c1)S(=O)(=O)c1cc([N+](=O)[O-])cc(C)c1C. The van der Waals surface area contributed by atoms with E-state index in [1.165, 1.54) is 13.2 Å². The number of carbonyl (C=O) groups is 1. The van der Waals surface area contributed by atoms with Crippen LogP contribution in [0, 0.1) is 24.0 Å². The molecular weight excluding hydrogens is 398 g/mol. The van der Waals surface area contributed by atoms with Crippen molar-refractivity contribution in [2.45, 2.75) is 25.7 Å². The normalized spacial score (nSPS) is 11.3. The van der Waals surface area contributed by atoms with Crippen molar-refractivity contribution in [1.82, 2.24) is 4.31 Å². The van der Waals surface area contributed by atoms with E-state index in [0.717, 1.165) is 10.4 Å². The first-order chi connectivity index (χ1) is 13.6. The largest absolute Gasteiger partial charge is 0.497 e. The van der Waals surface area contributed by atoms with E-state index in [4.69, 9.17) is 4.74 Å². The van der Waals surface area contributed by atoms with E-state index in [1.54, 1.807) is 45.0 Å². The summed E-state index contributed by atoms with van der Waals surface area (Å²) in [6, 6.07) is 9.01. The van der Waals surface area contributed by atoms with Gasteiger partial charge in [-0.3, -0.25) is 14.9 Å². The van der Waals surface area contributed by atoms with Gasteiger partial charge in [0.05, 0.1) is 23.5 Å². The number of hydrogen-bond acceptors (Lipinski definition) is 6. The van der Waals surface area contributed by atoms with Crippen LogP contribution in [0.25, 0.3) is 0 Å². The van der Waals surface area contributed by atoms with Crippen molar-refractivity contribution in [2.75, 3.05) is 25.5 Å². The number of rotatable bonds is 8. The Morgan fingerprint density at radius 3 is 2.52 bits per heavy atom. The molecule has 2 aromatic rings. The number of nitro groups is 1. The second kappa shape index (κ2) is 9.01. The monoisotopic (exact) mass is 421 g/mol. The number of nitrogens with one attached hydrogen (secondary N) is 1. The molecule has 0 spiro atoms. The average molecular weight is 421 g/mol. The molecule has 0 atom stereocenters.